The van der Waals surface area contributed by atoms with Gasteiger partial charge in [-0.3, -0.25) is 24.6 Å². The molecule has 0 radical (unpaired) electrons. The Morgan fingerprint density at radius 2 is 1.65 bits per heavy atom. The SMILES string of the molecule is O=C1CCC(N2Cc3ccc(N4CCN(CC5CCN(C(=O)N6CCN7c8cc(-c9ccccc9O)nnc8NC[C@H]7C6)CC5)CC4)cc3C2=O)C(=O)N1. The average molecular weight is 735 g/mol. The zero-order valence-electron chi connectivity index (χ0n) is 30.3. The van der Waals surface area contributed by atoms with Gasteiger partial charge in [-0.1, -0.05) is 18.2 Å². The first-order valence-electron chi connectivity index (χ1n) is 19.2. The van der Waals surface area contributed by atoms with Crippen LogP contribution in [0.1, 0.15) is 41.6 Å². The number of carbonyl (C=O) groups excluding carboxylic acids is 4. The molecule has 54 heavy (non-hydrogen) atoms. The Balaban J connectivity index is 0.738. The van der Waals surface area contributed by atoms with E-state index in [1.807, 2.05) is 40.1 Å². The molecule has 0 bridgehead atoms. The number of fused-ring (bicyclic) bond motifs is 4. The van der Waals surface area contributed by atoms with Gasteiger partial charge in [-0.25, -0.2) is 4.79 Å². The number of carbonyl (C=O) groups is 4. The van der Waals surface area contributed by atoms with Crippen LogP contribution in [-0.2, 0) is 16.1 Å². The minimum absolute atomic E-state index is 0.123. The van der Waals surface area contributed by atoms with Crippen molar-refractivity contribution < 1.29 is 24.3 Å². The molecule has 2 atom stereocenters. The summed E-state index contributed by atoms with van der Waals surface area (Å²) < 4.78 is 0. The van der Waals surface area contributed by atoms with Crippen molar-refractivity contribution in [1.82, 2.24) is 35.1 Å². The number of piperidine rings is 2. The van der Waals surface area contributed by atoms with Crippen LogP contribution < -0.4 is 20.4 Å². The summed E-state index contributed by atoms with van der Waals surface area (Å²) >= 11 is 0. The topological polar surface area (TPSA) is 158 Å². The summed E-state index contributed by atoms with van der Waals surface area (Å²) in [6, 6.07) is 14.8. The summed E-state index contributed by atoms with van der Waals surface area (Å²) in [5, 5.41) is 24.9. The van der Waals surface area contributed by atoms with Crippen molar-refractivity contribution in [3.8, 4) is 17.0 Å². The van der Waals surface area contributed by atoms with E-state index in [1.165, 1.54) is 0 Å². The largest absolute Gasteiger partial charge is 0.507 e. The first-order chi connectivity index (χ1) is 26.3. The Morgan fingerprint density at radius 3 is 2.44 bits per heavy atom. The molecule has 282 valence electrons. The van der Waals surface area contributed by atoms with Gasteiger partial charge < -0.3 is 34.9 Å². The van der Waals surface area contributed by atoms with Crippen molar-refractivity contribution in [3.05, 3.63) is 59.7 Å². The van der Waals surface area contributed by atoms with Crippen LogP contribution in [0.4, 0.5) is 22.0 Å². The molecule has 7 heterocycles. The third-order valence-corrected chi connectivity index (χ3v) is 12.2. The Kier molecular flexibility index (Phi) is 8.96. The Morgan fingerprint density at radius 1 is 0.833 bits per heavy atom. The van der Waals surface area contributed by atoms with E-state index in [2.05, 4.69) is 41.6 Å². The number of piperazine rings is 2. The molecule has 1 unspecified atom stereocenters. The molecule has 5 amide bonds. The molecule has 9 rings (SSSR count). The summed E-state index contributed by atoms with van der Waals surface area (Å²) in [5.41, 5.74) is 4.82. The zero-order valence-corrected chi connectivity index (χ0v) is 30.3. The number of phenols is 1. The van der Waals surface area contributed by atoms with Crippen molar-refractivity contribution in [1.29, 1.82) is 0 Å². The van der Waals surface area contributed by atoms with Crippen LogP contribution in [0.2, 0.25) is 0 Å². The van der Waals surface area contributed by atoms with Gasteiger partial charge in [-0.15, -0.1) is 10.2 Å². The number of hydrogen-bond acceptors (Lipinski definition) is 11. The van der Waals surface area contributed by atoms with Crippen LogP contribution in [0.15, 0.2) is 48.5 Å². The monoisotopic (exact) mass is 734 g/mol. The maximum absolute atomic E-state index is 13.7. The first-order valence-corrected chi connectivity index (χ1v) is 19.2. The maximum Gasteiger partial charge on any atom is 0.320 e. The number of benzene rings is 2. The highest BCUT2D eigenvalue weighted by Gasteiger charge is 2.40. The molecule has 0 aliphatic carbocycles. The first kappa shape index (κ1) is 34.3. The Labute approximate surface area is 313 Å². The zero-order chi connectivity index (χ0) is 36.9. The van der Waals surface area contributed by atoms with Gasteiger partial charge in [-0.05, 0) is 61.1 Å². The van der Waals surface area contributed by atoms with Gasteiger partial charge in [0.15, 0.2) is 5.82 Å². The van der Waals surface area contributed by atoms with Gasteiger partial charge in [0.1, 0.15) is 11.8 Å². The second-order valence-corrected chi connectivity index (χ2v) is 15.4. The van der Waals surface area contributed by atoms with E-state index >= 15 is 0 Å². The second kappa shape index (κ2) is 14.1. The summed E-state index contributed by atoms with van der Waals surface area (Å²) in [7, 11) is 0. The molecule has 4 fully saturated rings. The number of nitrogens with zero attached hydrogens (tertiary/aromatic N) is 8. The van der Waals surface area contributed by atoms with E-state index in [0.717, 1.165) is 81.4 Å². The molecule has 1 aromatic heterocycles. The highest BCUT2D eigenvalue weighted by atomic mass is 16.3. The number of anilines is 3. The van der Waals surface area contributed by atoms with E-state index in [-0.39, 0.29) is 42.0 Å². The third-order valence-electron chi connectivity index (χ3n) is 12.2. The van der Waals surface area contributed by atoms with Crippen LogP contribution in [0, 0.1) is 5.92 Å². The van der Waals surface area contributed by atoms with E-state index in [1.54, 1.807) is 17.0 Å². The van der Waals surface area contributed by atoms with Crippen molar-refractivity contribution in [2.24, 2.45) is 5.92 Å². The minimum atomic E-state index is -0.605. The van der Waals surface area contributed by atoms with Gasteiger partial charge in [0.25, 0.3) is 5.91 Å². The molecule has 0 saturated carbocycles. The lowest BCUT2D eigenvalue weighted by Gasteiger charge is -2.47. The molecular formula is C39H46N10O5. The maximum atomic E-state index is 13.7. The van der Waals surface area contributed by atoms with Crippen LogP contribution >= 0.6 is 0 Å². The lowest BCUT2D eigenvalue weighted by molar-refractivity contribution is -0.136. The normalized spacial score (nSPS) is 23.5. The van der Waals surface area contributed by atoms with E-state index in [9.17, 15) is 24.3 Å². The van der Waals surface area contributed by atoms with Crippen molar-refractivity contribution in [2.75, 3.05) is 87.1 Å². The van der Waals surface area contributed by atoms with Crippen molar-refractivity contribution in [3.63, 3.8) is 0 Å². The van der Waals surface area contributed by atoms with Crippen LogP contribution in [0.3, 0.4) is 0 Å². The fourth-order valence-electron chi connectivity index (χ4n) is 9.08. The third kappa shape index (κ3) is 6.43. The number of phenolic OH excluding ortho intramolecular Hbond substituents is 1. The molecule has 6 aliphatic rings. The molecule has 15 nitrogen and oxygen atoms in total. The van der Waals surface area contributed by atoms with Crippen molar-refractivity contribution in [2.45, 2.75) is 44.3 Å². The number of hydrogen-bond donors (Lipinski definition) is 3. The number of likely N-dealkylation sites (tertiary alicyclic amines) is 1. The molecule has 4 saturated heterocycles. The Hall–Kier alpha value is -5.44. The molecule has 15 heteroatoms. The van der Waals surface area contributed by atoms with E-state index in [0.29, 0.717) is 61.9 Å². The smallest absolute Gasteiger partial charge is 0.320 e. The number of aromatic nitrogens is 2. The number of urea groups is 1. The van der Waals surface area contributed by atoms with Gasteiger partial charge >= 0.3 is 6.03 Å². The lowest BCUT2D eigenvalue weighted by atomic mass is 9.96. The molecule has 0 spiro atoms. The molecule has 3 aromatic rings. The average Bonchev–Trinajstić information content (AvgIpc) is 3.52. The van der Waals surface area contributed by atoms with E-state index < -0.39 is 6.04 Å². The Bertz CT molecular complexity index is 1980. The number of amides is 5. The van der Waals surface area contributed by atoms with Gasteiger partial charge in [0.05, 0.1) is 17.4 Å². The second-order valence-electron chi connectivity index (χ2n) is 15.4. The quantitative estimate of drug-likeness (QED) is 0.330. The van der Waals surface area contributed by atoms with Gasteiger partial charge in [-0.2, -0.15) is 0 Å². The van der Waals surface area contributed by atoms with Gasteiger partial charge in [0, 0.05) is 102 Å². The van der Waals surface area contributed by atoms with E-state index in [4.69, 9.17) is 0 Å². The van der Waals surface area contributed by atoms with Crippen molar-refractivity contribution >= 4 is 40.9 Å². The predicted molar refractivity (Wildman–Crippen MR) is 201 cm³/mol. The molecule has 6 aliphatic heterocycles. The highest BCUT2D eigenvalue weighted by molar-refractivity contribution is 6.05. The minimum Gasteiger partial charge on any atom is -0.507 e. The van der Waals surface area contributed by atoms with Crippen LogP contribution in [-0.4, -0.2) is 143 Å². The fourth-order valence-corrected chi connectivity index (χ4v) is 9.08. The summed E-state index contributed by atoms with van der Waals surface area (Å²) in [6.07, 6.45) is 2.60. The standard InChI is InChI=1S/C39H46N10O5/c50-34-4-2-1-3-29(34)31-20-33-36(43-42-31)40-21-28-24-47(17-18-48(28)33)39(54)46-11-9-25(10-12-46)22-44-13-15-45(16-14-44)27-6-5-26-23-49(38(53)30(26)19-27)32-7-8-35(51)41-37(32)52/h1-6,19-20,25,28,32,50H,7-18,21-24H2,(H,40,43)(H,41,51,52)/t28-,32?/m0/s1. The summed E-state index contributed by atoms with van der Waals surface area (Å²) in [4.78, 5) is 63.9. The summed E-state index contributed by atoms with van der Waals surface area (Å²) in [6.45, 7) is 9.26. The number of nitrogens with one attached hydrogen (secondary N) is 2. The predicted octanol–water partition coefficient (Wildman–Crippen LogP) is 2.18. The number of rotatable bonds is 5. The highest BCUT2D eigenvalue weighted by Crippen LogP contribution is 2.36. The number of para-hydroxylation sites is 1. The number of imide groups is 1. The lowest BCUT2D eigenvalue weighted by Crippen LogP contribution is -2.61. The van der Waals surface area contributed by atoms with Crippen LogP contribution in [0.5, 0.6) is 5.75 Å². The molecule has 3 N–H and O–H groups in total. The van der Waals surface area contributed by atoms with Crippen LogP contribution in [0.25, 0.3) is 11.3 Å². The fraction of sp³-hybridized carbons (Fsp3) is 0.487. The molecular weight excluding hydrogens is 688 g/mol. The van der Waals surface area contributed by atoms with Gasteiger partial charge in [0.2, 0.25) is 11.8 Å². The summed E-state index contributed by atoms with van der Waals surface area (Å²) in [5.74, 6) is 0.640. The molecule has 2 aromatic carbocycles. The number of aromatic hydroxyl groups is 1.